The number of hydrogen-bond acceptors (Lipinski definition) is 1. The molecule has 2 rings (SSSR count). The Morgan fingerprint density at radius 1 is 0.750 bits per heavy atom. The quantitative estimate of drug-likeness (QED) is 0.657. The average Bonchev–Trinajstić information content (AvgIpc) is 2.35. The minimum Gasteiger partial charge on any atom is -0.298 e. The van der Waals surface area contributed by atoms with Gasteiger partial charge in [0, 0.05) is 5.56 Å². The van der Waals surface area contributed by atoms with E-state index in [9.17, 15) is 4.79 Å². The lowest BCUT2D eigenvalue weighted by molar-refractivity contribution is 0.112. The molecule has 0 N–H and O–H groups in total. The predicted molar refractivity (Wildman–Crippen MR) is 67.7 cm³/mol. The minimum absolute atomic E-state index is 0.729. The largest absolute Gasteiger partial charge is 0.298 e. The maximum absolute atomic E-state index is 10.0. The Bertz CT molecular complexity index is 394. The summed E-state index contributed by atoms with van der Waals surface area (Å²) in [5, 5.41) is 0. The van der Waals surface area contributed by atoms with E-state index in [-0.39, 0.29) is 0 Å². The van der Waals surface area contributed by atoms with Crippen LogP contribution in [0.25, 0.3) is 0 Å². The van der Waals surface area contributed by atoms with Crippen molar-refractivity contribution >= 4 is 6.29 Å². The highest BCUT2D eigenvalue weighted by atomic mass is 16.1. The van der Waals surface area contributed by atoms with Gasteiger partial charge < -0.3 is 0 Å². The van der Waals surface area contributed by atoms with Crippen LogP contribution < -0.4 is 0 Å². The Hall–Kier alpha value is -1.89. The molecule has 0 saturated carbocycles. The summed E-state index contributed by atoms with van der Waals surface area (Å²) in [4.78, 5) is 10.0. The number of rotatable bonds is 1. The molecule has 0 radical (unpaired) electrons. The highest BCUT2D eigenvalue weighted by Crippen LogP contribution is 1.99. The number of hydrogen-bond donors (Lipinski definition) is 0. The van der Waals surface area contributed by atoms with Crippen molar-refractivity contribution in [3.63, 3.8) is 0 Å². The van der Waals surface area contributed by atoms with Gasteiger partial charge in [-0.15, -0.1) is 0 Å². The summed E-state index contributed by atoms with van der Waals surface area (Å²) in [5.41, 5.74) is 3.39. The molecule has 0 aliphatic carbocycles. The monoisotopic (exact) mass is 212 g/mol. The molecular formula is C15H16O. The van der Waals surface area contributed by atoms with Gasteiger partial charge in [0.1, 0.15) is 6.29 Å². The molecule has 0 spiro atoms. The second-order valence-electron chi connectivity index (χ2n) is 3.68. The van der Waals surface area contributed by atoms with E-state index in [0.29, 0.717) is 0 Å². The minimum atomic E-state index is 0.729. The van der Waals surface area contributed by atoms with Crippen LogP contribution in [0, 0.1) is 13.8 Å². The van der Waals surface area contributed by atoms with Crippen molar-refractivity contribution < 1.29 is 4.79 Å². The molecule has 0 atom stereocenters. The van der Waals surface area contributed by atoms with Crippen molar-refractivity contribution in [1.82, 2.24) is 0 Å². The first-order chi connectivity index (χ1) is 7.72. The third kappa shape index (κ3) is 4.56. The molecule has 1 heteroatoms. The molecule has 16 heavy (non-hydrogen) atoms. The van der Waals surface area contributed by atoms with Crippen LogP contribution in [-0.4, -0.2) is 6.29 Å². The average molecular weight is 212 g/mol. The zero-order chi connectivity index (χ0) is 11.8. The van der Waals surface area contributed by atoms with Crippen molar-refractivity contribution in [3.8, 4) is 0 Å². The first-order valence-corrected chi connectivity index (χ1v) is 5.26. The summed E-state index contributed by atoms with van der Waals surface area (Å²) in [7, 11) is 0. The highest BCUT2D eigenvalue weighted by Gasteiger charge is 1.80. The molecule has 2 aromatic carbocycles. The molecule has 0 fully saturated rings. The Morgan fingerprint density at radius 2 is 1.19 bits per heavy atom. The second kappa shape index (κ2) is 6.57. The van der Waals surface area contributed by atoms with Crippen LogP contribution in [-0.2, 0) is 0 Å². The molecule has 0 heterocycles. The Labute approximate surface area is 96.8 Å². The molecule has 0 bridgehead atoms. The van der Waals surface area contributed by atoms with Crippen molar-refractivity contribution in [1.29, 1.82) is 0 Å². The summed E-state index contributed by atoms with van der Waals surface area (Å²) in [6, 6.07) is 17.6. The molecule has 0 saturated heterocycles. The lowest BCUT2D eigenvalue weighted by Crippen LogP contribution is -1.73. The molecule has 0 aliphatic heterocycles. The first-order valence-electron chi connectivity index (χ1n) is 5.26. The van der Waals surface area contributed by atoms with E-state index in [0.717, 1.165) is 11.8 Å². The SMILES string of the molecule is Cc1ccc(C)cc1.O=Cc1ccccc1. The fourth-order valence-corrected chi connectivity index (χ4v) is 1.17. The van der Waals surface area contributed by atoms with Gasteiger partial charge in [-0.1, -0.05) is 65.7 Å². The van der Waals surface area contributed by atoms with Crippen LogP contribution >= 0.6 is 0 Å². The second-order valence-corrected chi connectivity index (χ2v) is 3.68. The fourth-order valence-electron chi connectivity index (χ4n) is 1.17. The van der Waals surface area contributed by atoms with Gasteiger partial charge in [-0.2, -0.15) is 0 Å². The molecule has 0 aromatic heterocycles. The Kier molecular flexibility index (Phi) is 5.00. The van der Waals surface area contributed by atoms with Crippen LogP contribution in [0.1, 0.15) is 21.5 Å². The highest BCUT2D eigenvalue weighted by molar-refractivity contribution is 5.74. The van der Waals surface area contributed by atoms with Crippen molar-refractivity contribution in [2.24, 2.45) is 0 Å². The van der Waals surface area contributed by atoms with E-state index in [4.69, 9.17) is 0 Å². The number of benzene rings is 2. The number of aldehydes is 1. The van der Waals surface area contributed by atoms with E-state index in [2.05, 4.69) is 38.1 Å². The summed E-state index contributed by atoms with van der Waals surface area (Å²) in [6.07, 6.45) is 0.833. The Balaban J connectivity index is 0.000000160. The van der Waals surface area contributed by atoms with E-state index in [1.54, 1.807) is 12.1 Å². The molecule has 0 unspecified atom stereocenters. The Morgan fingerprint density at radius 3 is 1.50 bits per heavy atom. The van der Waals surface area contributed by atoms with E-state index >= 15 is 0 Å². The van der Waals surface area contributed by atoms with E-state index in [1.165, 1.54) is 11.1 Å². The summed E-state index contributed by atoms with van der Waals surface area (Å²) in [6.45, 7) is 4.19. The topological polar surface area (TPSA) is 17.1 Å². The van der Waals surface area contributed by atoms with Gasteiger partial charge in [0.25, 0.3) is 0 Å². The molecular weight excluding hydrogens is 196 g/mol. The van der Waals surface area contributed by atoms with Crippen molar-refractivity contribution in [2.75, 3.05) is 0 Å². The predicted octanol–water partition coefficient (Wildman–Crippen LogP) is 3.80. The summed E-state index contributed by atoms with van der Waals surface area (Å²) < 4.78 is 0. The number of carbonyl (C=O) groups excluding carboxylic acids is 1. The smallest absolute Gasteiger partial charge is 0.150 e. The molecule has 1 nitrogen and oxygen atoms in total. The normalized spacial score (nSPS) is 8.88. The zero-order valence-electron chi connectivity index (χ0n) is 9.68. The van der Waals surface area contributed by atoms with Gasteiger partial charge in [-0.25, -0.2) is 0 Å². The van der Waals surface area contributed by atoms with Gasteiger partial charge in [0.15, 0.2) is 0 Å². The third-order valence-corrected chi connectivity index (χ3v) is 2.15. The van der Waals surface area contributed by atoms with Gasteiger partial charge in [-0.05, 0) is 13.8 Å². The van der Waals surface area contributed by atoms with Gasteiger partial charge in [0.05, 0.1) is 0 Å². The lowest BCUT2D eigenvalue weighted by Gasteiger charge is -1.90. The zero-order valence-corrected chi connectivity index (χ0v) is 9.68. The van der Waals surface area contributed by atoms with E-state index in [1.807, 2.05) is 18.2 Å². The molecule has 0 amide bonds. The van der Waals surface area contributed by atoms with Crippen LogP contribution in [0.5, 0.6) is 0 Å². The van der Waals surface area contributed by atoms with E-state index < -0.39 is 0 Å². The van der Waals surface area contributed by atoms with Crippen LogP contribution in [0.3, 0.4) is 0 Å². The van der Waals surface area contributed by atoms with Gasteiger partial charge in [0.2, 0.25) is 0 Å². The lowest BCUT2D eigenvalue weighted by atomic mass is 10.2. The number of carbonyl (C=O) groups is 1. The third-order valence-electron chi connectivity index (χ3n) is 2.15. The molecule has 2 aromatic rings. The molecule has 0 aliphatic rings. The fraction of sp³-hybridized carbons (Fsp3) is 0.133. The maximum atomic E-state index is 10.0. The van der Waals surface area contributed by atoms with Crippen LogP contribution in [0.2, 0.25) is 0 Å². The number of aryl methyl sites for hydroxylation is 2. The first kappa shape index (κ1) is 12.2. The van der Waals surface area contributed by atoms with Crippen LogP contribution in [0.15, 0.2) is 54.6 Å². The van der Waals surface area contributed by atoms with Crippen molar-refractivity contribution in [2.45, 2.75) is 13.8 Å². The van der Waals surface area contributed by atoms with Gasteiger partial charge in [-0.3, -0.25) is 4.79 Å². The van der Waals surface area contributed by atoms with Crippen molar-refractivity contribution in [3.05, 3.63) is 71.3 Å². The summed E-state index contributed by atoms with van der Waals surface area (Å²) >= 11 is 0. The standard InChI is InChI=1S/C8H10.C7H6O/c1-7-3-5-8(2)6-4-7;8-6-7-4-2-1-3-5-7/h3-6H,1-2H3;1-6H. The van der Waals surface area contributed by atoms with Crippen LogP contribution in [0.4, 0.5) is 0 Å². The van der Waals surface area contributed by atoms with Gasteiger partial charge >= 0.3 is 0 Å². The maximum Gasteiger partial charge on any atom is 0.150 e. The molecule has 82 valence electrons. The summed E-state index contributed by atoms with van der Waals surface area (Å²) in [5.74, 6) is 0.